The van der Waals surface area contributed by atoms with Gasteiger partial charge in [-0.3, -0.25) is 9.59 Å². The maximum absolute atomic E-state index is 13.4. The highest BCUT2D eigenvalue weighted by atomic mass is 16.1. The fourth-order valence-corrected chi connectivity index (χ4v) is 3.54. The predicted octanol–water partition coefficient (Wildman–Crippen LogP) is 3.65. The van der Waals surface area contributed by atoms with Crippen molar-refractivity contribution in [3.05, 3.63) is 118 Å². The van der Waals surface area contributed by atoms with E-state index in [9.17, 15) is 14.9 Å². The number of aromatic nitrogens is 4. The van der Waals surface area contributed by atoms with E-state index in [0.717, 1.165) is 4.40 Å². The lowest BCUT2D eigenvalue weighted by atomic mass is 10.1. The minimum Gasteiger partial charge on any atom is -0.285 e. The molecule has 0 bridgehead atoms. The molecule has 0 fully saturated rings. The first-order chi connectivity index (χ1) is 15.7. The largest absolute Gasteiger partial charge is 0.285 e. The van der Waals surface area contributed by atoms with Crippen LogP contribution in [0.5, 0.6) is 0 Å². The van der Waals surface area contributed by atoms with Crippen molar-refractivity contribution in [3.8, 4) is 23.0 Å². The van der Waals surface area contributed by atoms with Gasteiger partial charge in [0.15, 0.2) is 0 Å². The lowest BCUT2D eigenvalue weighted by Crippen LogP contribution is -2.23. The summed E-state index contributed by atoms with van der Waals surface area (Å²) in [6, 6.07) is 28.6. The molecule has 0 radical (unpaired) electrons. The van der Waals surface area contributed by atoms with Crippen molar-refractivity contribution in [1.29, 1.82) is 5.26 Å². The number of hydrogen-bond acceptors (Lipinski definition) is 5. The molecule has 152 valence electrons. The molecule has 2 heterocycles. The van der Waals surface area contributed by atoms with E-state index in [1.807, 2.05) is 30.3 Å². The lowest BCUT2D eigenvalue weighted by Gasteiger charge is -2.06. The number of nitriles is 1. The molecule has 3 aromatic carbocycles. The molecule has 0 saturated carbocycles. The highest BCUT2D eigenvalue weighted by molar-refractivity contribution is 6.07. The first-order valence-electron chi connectivity index (χ1n) is 9.85. The minimum absolute atomic E-state index is 0.108. The maximum atomic E-state index is 13.4. The van der Waals surface area contributed by atoms with Crippen molar-refractivity contribution in [2.75, 3.05) is 0 Å². The average molecular weight is 417 g/mol. The molecule has 0 N–H and O–H groups in total. The number of ketones is 1. The van der Waals surface area contributed by atoms with Crippen LogP contribution >= 0.6 is 0 Å². The number of nitrogens with zero attached hydrogens (tertiary/aromatic N) is 5. The molecule has 5 aromatic rings. The molecule has 0 aliphatic heterocycles. The number of carbonyl (C=O) groups is 1. The summed E-state index contributed by atoms with van der Waals surface area (Å²) in [6.07, 6.45) is 0. The standard InChI is InChI=1S/C25H15N5O2/c26-16-20-21(17-10-4-1-5-11-17)27-25-29(24(20)32)23(22(31)18-12-6-2-7-13-18)28-30(25)19-14-8-3-9-15-19/h1-15H. The maximum Gasteiger partial charge on any atom is 0.279 e. The zero-order valence-corrected chi connectivity index (χ0v) is 16.7. The average Bonchev–Trinajstić information content (AvgIpc) is 3.25. The minimum atomic E-state index is -0.641. The smallest absolute Gasteiger partial charge is 0.279 e. The van der Waals surface area contributed by atoms with Gasteiger partial charge in [0.25, 0.3) is 5.56 Å². The molecular formula is C25H15N5O2. The number of fused-ring (bicyclic) bond motifs is 1. The van der Waals surface area contributed by atoms with Gasteiger partial charge < -0.3 is 0 Å². The summed E-state index contributed by atoms with van der Waals surface area (Å²) in [5.41, 5.74) is 1.09. The Morgan fingerprint density at radius 1 is 0.844 bits per heavy atom. The Bertz CT molecular complexity index is 1550. The molecule has 0 amide bonds. The predicted molar refractivity (Wildman–Crippen MR) is 119 cm³/mol. The van der Waals surface area contributed by atoms with Gasteiger partial charge in [0.1, 0.15) is 11.6 Å². The Hall–Kier alpha value is -4.83. The number of para-hydroxylation sites is 1. The van der Waals surface area contributed by atoms with Gasteiger partial charge in [-0.15, -0.1) is 5.10 Å². The highest BCUT2D eigenvalue weighted by Gasteiger charge is 2.25. The quantitative estimate of drug-likeness (QED) is 0.416. The third kappa shape index (κ3) is 3.07. The van der Waals surface area contributed by atoms with Crippen LogP contribution in [0.15, 0.2) is 95.8 Å². The summed E-state index contributed by atoms with van der Waals surface area (Å²) in [7, 11) is 0. The van der Waals surface area contributed by atoms with Crippen molar-refractivity contribution in [2.24, 2.45) is 0 Å². The summed E-state index contributed by atoms with van der Waals surface area (Å²) < 4.78 is 2.57. The summed E-state index contributed by atoms with van der Waals surface area (Å²) in [6.45, 7) is 0. The molecule has 0 aliphatic carbocycles. The first kappa shape index (κ1) is 19.2. The molecular weight excluding hydrogens is 402 g/mol. The van der Waals surface area contributed by atoms with Crippen LogP contribution in [0.3, 0.4) is 0 Å². The van der Waals surface area contributed by atoms with Crippen molar-refractivity contribution in [1.82, 2.24) is 19.2 Å². The van der Waals surface area contributed by atoms with Crippen molar-refractivity contribution in [3.63, 3.8) is 0 Å². The van der Waals surface area contributed by atoms with E-state index in [4.69, 9.17) is 0 Å². The molecule has 32 heavy (non-hydrogen) atoms. The topological polar surface area (TPSA) is 93.0 Å². The van der Waals surface area contributed by atoms with Crippen molar-refractivity contribution >= 4 is 11.6 Å². The molecule has 7 nitrogen and oxygen atoms in total. The molecule has 0 saturated heterocycles. The monoisotopic (exact) mass is 417 g/mol. The van der Waals surface area contributed by atoms with Gasteiger partial charge in [0.05, 0.1) is 11.4 Å². The van der Waals surface area contributed by atoms with Gasteiger partial charge in [-0.1, -0.05) is 78.9 Å². The van der Waals surface area contributed by atoms with Gasteiger partial charge in [0.2, 0.25) is 17.4 Å². The Morgan fingerprint density at radius 2 is 1.44 bits per heavy atom. The van der Waals surface area contributed by atoms with Gasteiger partial charge in [-0.2, -0.15) is 9.94 Å². The molecule has 0 unspecified atom stereocenters. The molecule has 0 aliphatic rings. The SMILES string of the molecule is N#Cc1c(-c2ccccc2)nc2n(-c3ccccc3)nc(C(=O)c3ccccc3)n2c1=O. The number of rotatable bonds is 4. The van der Waals surface area contributed by atoms with Crippen molar-refractivity contribution < 1.29 is 4.79 Å². The first-order valence-corrected chi connectivity index (χ1v) is 9.85. The highest BCUT2D eigenvalue weighted by Crippen LogP contribution is 2.22. The van der Waals surface area contributed by atoms with E-state index in [2.05, 4.69) is 10.1 Å². The van der Waals surface area contributed by atoms with Crippen LogP contribution in [0.2, 0.25) is 0 Å². The molecule has 5 rings (SSSR count). The van der Waals surface area contributed by atoms with Gasteiger partial charge in [0, 0.05) is 11.1 Å². The summed E-state index contributed by atoms with van der Waals surface area (Å²) in [4.78, 5) is 31.4. The van der Waals surface area contributed by atoms with Crippen LogP contribution < -0.4 is 5.56 Å². The van der Waals surface area contributed by atoms with E-state index in [-0.39, 0.29) is 22.9 Å². The van der Waals surface area contributed by atoms with Gasteiger partial charge in [-0.25, -0.2) is 9.38 Å². The second kappa shape index (κ2) is 7.78. The van der Waals surface area contributed by atoms with E-state index in [1.54, 1.807) is 66.7 Å². The van der Waals surface area contributed by atoms with E-state index >= 15 is 0 Å². The van der Waals surface area contributed by atoms with E-state index < -0.39 is 11.3 Å². The second-order valence-electron chi connectivity index (χ2n) is 7.02. The Balaban J connectivity index is 1.88. The number of hydrogen-bond donors (Lipinski definition) is 0. The molecule has 7 heteroatoms. The van der Waals surface area contributed by atoms with E-state index in [0.29, 0.717) is 16.8 Å². The van der Waals surface area contributed by atoms with Crippen LogP contribution in [0.4, 0.5) is 0 Å². The van der Waals surface area contributed by atoms with Crippen LogP contribution in [0, 0.1) is 11.3 Å². The molecule has 2 aromatic heterocycles. The normalized spacial score (nSPS) is 10.7. The summed E-state index contributed by atoms with van der Waals surface area (Å²) in [5, 5.41) is 14.2. The van der Waals surface area contributed by atoms with Gasteiger partial charge in [-0.05, 0) is 12.1 Å². The fourth-order valence-electron chi connectivity index (χ4n) is 3.54. The summed E-state index contributed by atoms with van der Waals surface area (Å²) >= 11 is 0. The number of carbonyl (C=O) groups excluding carboxylic acids is 1. The third-order valence-corrected chi connectivity index (χ3v) is 5.06. The molecule has 0 spiro atoms. The number of benzene rings is 3. The van der Waals surface area contributed by atoms with Crippen LogP contribution in [-0.2, 0) is 0 Å². The summed E-state index contributed by atoms with van der Waals surface area (Å²) in [5.74, 6) is -0.396. The molecule has 0 atom stereocenters. The van der Waals surface area contributed by atoms with E-state index in [1.165, 1.54) is 4.68 Å². The van der Waals surface area contributed by atoms with Gasteiger partial charge >= 0.3 is 0 Å². The Morgan fingerprint density at radius 3 is 2.06 bits per heavy atom. The zero-order valence-electron chi connectivity index (χ0n) is 16.7. The van der Waals surface area contributed by atoms with Crippen LogP contribution in [0.25, 0.3) is 22.7 Å². The Kier molecular flexibility index (Phi) is 4.66. The van der Waals surface area contributed by atoms with Crippen LogP contribution in [0.1, 0.15) is 21.7 Å². The lowest BCUT2D eigenvalue weighted by molar-refractivity contribution is 0.102. The van der Waals surface area contributed by atoms with Crippen molar-refractivity contribution in [2.45, 2.75) is 0 Å². The Labute approximate surface area is 182 Å². The van der Waals surface area contributed by atoms with Crippen LogP contribution in [-0.4, -0.2) is 24.9 Å². The third-order valence-electron chi connectivity index (χ3n) is 5.06. The second-order valence-corrected chi connectivity index (χ2v) is 7.02. The fraction of sp³-hybridized carbons (Fsp3) is 0. The zero-order chi connectivity index (χ0) is 22.1.